The molecule has 1 aliphatic rings. The van der Waals surface area contributed by atoms with Crippen LogP contribution in [0.4, 0.5) is 0 Å². The van der Waals surface area contributed by atoms with Gasteiger partial charge in [-0.15, -0.1) is 0 Å². The lowest BCUT2D eigenvalue weighted by Gasteiger charge is -2.19. The molecule has 0 spiro atoms. The van der Waals surface area contributed by atoms with Crippen molar-refractivity contribution in [1.82, 2.24) is 4.90 Å². The lowest BCUT2D eigenvalue weighted by atomic mass is 10.0. The van der Waals surface area contributed by atoms with E-state index in [2.05, 4.69) is 0 Å². The number of fused-ring (bicyclic) bond motifs is 1. The first-order valence-corrected chi connectivity index (χ1v) is 5.84. The van der Waals surface area contributed by atoms with Gasteiger partial charge in [0.1, 0.15) is 0 Å². The van der Waals surface area contributed by atoms with Gasteiger partial charge in [0, 0.05) is 18.2 Å². The van der Waals surface area contributed by atoms with Crippen molar-refractivity contribution in [2.24, 2.45) is 5.73 Å². The number of hydrogen-bond acceptors (Lipinski definition) is 3. The Morgan fingerprint density at radius 2 is 2.18 bits per heavy atom. The molecule has 1 aromatic carbocycles. The Labute approximate surface area is 101 Å². The van der Waals surface area contributed by atoms with Gasteiger partial charge in [-0.1, -0.05) is 12.1 Å². The fourth-order valence-electron chi connectivity index (χ4n) is 2.09. The Hall–Kier alpha value is -1.39. The van der Waals surface area contributed by atoms with Crippen molar-refractivity contribution in [2.75, 3.05) is 6.61 Å². The lowest BCUT2D eigenvalue weighted by Crippen LogP contribution is -2.30. The molecule has 0 fully saturated rings. The van der Waals surface area contributed by atoms with Gasteiger partial charge < -0.3 is 15.7 Å². The fourth-order valence-corrected chi connectivity index (χ4v) is 2.09. The summed E-state index contributed by atoms with van der Waals surface area (Å²) in [5, 5.41) is 9.02. The van der Waals surface area contributed by atoms with Crippen LogP contribution in [0.2, 0.25) is 0 Å². The number of rotatable bonds is 3. The highest BCUT2D eigenvalue weighted by atomic mass is 16.3. The highest BCUT2D eigenvalue weighted by Gasteiger charge is 2.29. The Morgan fingerprint density at radius 1 is 1.47 bits per heavy atom. The standard InChI is InChI=1S/C13H18N2O2/c1-8(2)15-6-10-4-3-9(12(14)7-16)5-11(10)13(15)17/h3-5,8,12,16H,6-7,14H2,1-2H3. The molecule has 1 amide bonds. The first-order chi connectivity index (χ1) is 8.04. The van der Waals surface area contributed by atoms with Gasteiger partial charge in [-0.2, -0.15) is 0 Å². The molecule has 1 heterocycles. The van der Waals surface area contributed by atoms with E-state index in [-0.39, 0.29) is 18.6 Å². The van der Waals surface area contributed by atoms with E-state index >= 15 is 0 Å². The number of carbonyl (C=O) groups excluding carboxylic acids is 1. The molecular weight excluding hydrogens is 216 g/mol. The molecule has 0 saturated heterocycles. The number of carbonyl (C=O) groups is 1. The fraction of sp³-hybridized carbons (Fsp3) is 0.462. The maximum atomic E-state index is 12.1. The molecule has 4 heteroatoms. The summed E-state index contributed by atoms with van der Waals surface area (Å²) in [7, 11) is 0. The van der Waals surface area contributed by atoms with Gasteiger partial charge >= 0.3 is 0 Å². The highest BCUT2D eigenvalue weighted by molar-refractivity contribution is 5.98. The van der Waals surface area contributed by atoms with Crippen LogP contribution in [0.15, 0.2) is 18.2 Å². The first kappa shape index (κ1) is 12.1. The second-order valence-corrected chi connectivity index (χ2v) is 4.73. The average Bonchev–Trinajstić information content (AvgIpc) is 2.65. The van der Waals surface area contributed by atoms with Crippen molar-refractivity contribution in [2.45, 2.75) is 32.5 Å². The van der Waals surface area contributed by atoms with Gasteiger partial charge in [-0.3, -0.25) is 4.79 Å². The summed E-state index contributed by atoms with van der Waals surface area (Å²) in [6.07, 6.45) is 0. The summed E-state index contributed by atoms with van der Waals surface area (Å²) in [5.74, 6) is 0.0574. The van der Waals surface area contributed by atoms with Crippen LogP contribution in [0, 0.1) is 0 Å². The van der Waals surface area contributed by atoms with E-state index in [4.69, 9.17) is 10.8 Å². The van der Waals surface area contributed by atoms with Crippen molar-refractivity contribution >= 4 is 5.91 Å². The second kappa shape index (κ2) is 4.47. The number of amides is 1. The molecule has 92 valence electrons. The third kappa shape index (κ3) is 2.06. The number of aliphatic hydroxyl groups excluding tert-OH is 1. The molecule has 17 heavy (non-hydrogen) atoms. The van der Waals surface area contributed by atoms with Gasteiger partial charge in [0.25, 0.3) is 5.91 Å². The van der Waals surface area contributed by atoms with E-state index in [1.54, 1.807) is 6.07 Å². The van der Waals surface area contributed by atoms with Crippen LogP contribution in [0.25, 0.3) is 0 Å². The average molecular weight is 234 g/mol. The quantitative estimate of drug-likeness (QED) is 0.821. The molecule has 2 rings (SSSR count). The smallest absolute Gasteiger partial charge is 0.254 e. The molecule has 0 aromatic heterocycles. The molecule has 4 nitrogen and oxygen atoms in total. The minimum atomic E-state index is -0.416. The predicted octanol–water partition coefficient (Wildman–Crippen LogP) is 1.04. The third-order valence-corrected chi connectivity index (χ3v) is 3.21. The largest absolute Gasteiger partial charge is 0.394 e. The summed E-state index contributed by atoms with van der Waals surface area (Å²) in [6.45, 7) is 4.57. The van der Waals surface area contributed by atoms with Crippen molar-refractivity contribution in [3.63, 3.8) is 0 Å². The molecule has 0 aliphatic carbocycles. The van der Waals surface area contributed by atoms with Crippen LogP contribution >= 0.6 is 0 Å². The number of benzene rings is 1. The van der Waals surface area contributed by atoms with E-state index in [1.807, 2.05) is 30.9 Å². The number of nitrogens with zero attached hydrogens (tertiary/aromatic N) is 1. The minimum absolute atomic E-state index is 0.0574. The van der Waals surface area contributed by atoms with Gasteiger partial charge in [-0.05, 0) is 31.0 Å². The summed E-state index contributed by atoms with van der Waals surface area (Å²) in [5.41, 5.74) is 8.33. The Bertz CT molecular complexity index is 443. The van der Waals surface area contributed by atoms with Crippen molar-refractivity contribution in [3.05, 3.63) is 34.9 Å². The van der Waals surface area contributed by atoms with Gasteiger partial charge in [0.05, 0.1) is 12.6 Å². The Morgan fingerprint density at radius 3 is 2.76 bits per heavy atom. The van der Waals surface area contributed by atoms with E-state index in [9.17, 15) is 4.79 Å². The highest BCUT2D eigenvalue weighted by Crippen LogP contribution is 2.26. The maximum Gasteiger partial charge on any atom is 0.254 e. The zero-order chi connectivity index (χ0) is 12.6. The normalized spacial score (nSPS) is 16.5. The molecule has 0 bridgehead atoms. The molecular formula is C13H18N2O2. The molecule has 1 aromatic rings. The van der Waals surface area contributed by atoms with Crippen molar-refractivity contribution < 1.29 is 9.90 Å². The lowest BCUT2D eigenvalue weighted by molar-refractivity contribution is 0.0730. The zero-order valence-electron chi connectivity index (χ0n) is 10.2. The predicted molar refractivity (Wildman–Crippen MR) is 65.5 cm³/mol. The summed E-state index contributed by atoms with van der Waals surface area (Å²) < 4.78 is 0. The van der Waals surface area contributed by atoms with Gasteiger partial charge in [-0.25, -0.2) is 0 Å². The molecule has 1 atom stereocenters. The van der Waals surface area contributed by atoms with Crippen LogP contribution in [-0.2, 0) is 6.54 Å². The van der Waals surface area contributed by atoms with Crippen molar-refractivity contribution in [3.8, 4) is 0 Å². The van der Waals surface area contributed by atoms with Crippen LogP contribution in [0.1, 0.15) is 41.4 Å². The van der Waals surface area contributed by atoms with Gasteiger partial charge in [0.2, 0.25) is 0 Å². The van der Waals surface area contributed by atoms with Crippen LogP contribution < -0.4 is 5.73 Å². The van der Waals surface area contributed by atoms with E-state index in [0.717, 1.165) is 16.7 Å². The number of hydrogen-bond donors (Lipinski definition) is 2. The molecule has 3 N–H and O–H groups in total. The molecule has 0 radical (unpaired) electrons. The van der Waals surface area contributed by atoms with E-state index in [0.29, 0.717) is 6.54 Å². The van der Waals surface area contributed by atoms with Crippen LogP contribution in [0.3, 0.4) is 0 Å². The monoisotopic (exact) mass is 234 g/mol. The van der Waals surface area contributed by atoms with Crippen molar-refractivity contribution in [1.29, 1.82) is 0 Å². The molecule has 0 saturated carbocycles. The summed E-state index contributed by atoms with van der Waals surface area (Å²) in [6, 6.07) is 5.41. The zero-order valence-corrected chi connectivity index (χ0v) is 10.2. The Balaban J connectivity index is 2.34. The topological polar surface area (TPSA) is 66.6 Å². The first-order valence-electron chi connectivity index (χ1n) is 5.84. The minimum Gasteiger partial charge on any atom is -0.394 e. The molecule has 1 unspecified atom stereocenters. The second-order valence-electron chi connectivity index (χ2n) is 4.73. The molecule has 1 aliphatic heterocycles. The Kier molecular flexibility index (Phi) is 3.17. The number of aliphatic hydroxyl groups is 1. The van der Waals surface area contributed by atoms with Crippen LogP contribution in [-0.4, -0.2) is 28.6 Å². The summed E-state index contributed by atoms with van der Waals surface area (Å²) >= 11 is 0. The maximum absolute atomic E-state index is 12.1. The SMILES string of the molecule is CC(C)N1Cc2ccc(C(N)CO)cc2C1=O. The van der Waals surface area contributed by atoms with Crippen LogP contribution in [0.5, 0.6) is 0 Å². The summed E-state index contributed by atoms with van der Waals surface area (Å²) in [4.78, 5) is 14.0. The van der Waals surface area contributed by atoms with E-state index < -0.39 is 6.04 Å². The van der Waals surface area contributed by atoms with Gasteiger partial charge in [0.15, 0.2) is 0 Å². The third-order valence-electron chi connectivity index (χ3n) is 3.21. The van der Waals surface area contributed by atoms with E-state index in [1.165, 1.54) is 0 Å². The number of nitrogens with two attached hydrogens (primary N) is 1.